The summed E-state index contributed by atoms with van der Waals surface area (Å²) in [6.07, 6.45) is 5.03. The first kappa shape index (κ1) is 12.4. The van der Waals surface area contributed by atoms with E-state index < -0.39 is 0 Å². The van der Waals surface area contributed by atoms with Gasteiger partial charge in [0.25, 0.3) is 0 Å². The molecule has 1 atom stereocenters. The van der Waals surface area contributed by atoms with Crippen LogP contribution in [-0.4, -0.2) is 17.1 Å². The lowest BCUT2D eigenvalue weighted by Gasteiger charge is -2.18. The van der Waals surface area contributed by atoms with Gasteiger partial charge in [-0.1, -0.05) is 17.7 Å². The number of aryl methyl sites for hydroxylation is 1. The van der Waals surface area contributed by atoms with E-state index >= 15 is 0 Å². The van der Waals surface area contributed by atoms with Crippen molar-refractivity contribution in [3.63, 3.8) is 0 Å². The van der Waals surface area contributed by atoms with Gasteiger partial charge < -0.3 is 10.1 Å². The number of methoxy groups -OCH3 is 1. The smallest absolute Gasteiger partial charge is 0.124 e. The lowest BCUT2D eigenvalue weighted by Crippen LogP contribution is -2.08. The average Bonchev–Trinajstić information content (AvgIpc) is 2.40. The fourth-order valence-corrected chi connectivity index (χ4v) is 1.89. The summed E-state index contributed by atoms with van der Waals surface area (Å²) in [5.41, 5.74) is 3.23. The Morgan fingerprint density at radius 1 is 1.22 bits per heavy atom. The Morgan fingerprint density at radius 2 is 1.94 bits per heavy atom. The first-order valence-corrected chi connectivity index (χ1v) is 5.87. The van der Waals surface area contributed by atoms with Gasteiger partial charge in [0.1, 0.15) is 12.1 Å². The molecule has 1 heterocycles. The van der Waals surface area contributed by atoms with Crippen LogP contribution in [-0.2, 0) is 0 Å². The van der Waals surface area contributed by atoms with Crippen molar-refractivity contribution in [2.75, 3.05) is 12.4 Å². The van der Waals surface area contributed by atoms with E-state index in [0.29, 0.717) is 0 Å². The number of nitrogens with zero attached hydrogens (tertiary/aromatic N) is 2. The van der Waals surface area contributed by atoms with Crippen LogP contribution in [0.15, 0.2) is 36.9 Å². The molecule has 0 amide bonds. The summed E-state index contributed by atoms with van der Waals surface area (Å²) >= 11 is 0. The van der Waals surface area contributed by atoms with Gasteiger partial charge in [-0.25, -0.2) is 9.97 Å². The average molecular weight is 243 g/mol. The van der Waals surface area contributed by atoms with E-state index in [9.17, 15) is 0 Å². The second kappa shape index (κ2) is 5.49. The third kappa shape index (κ3) is 2.77. The molecular weight excluding hydrogens is 226 g/mol. The minimum absolute atomic E-state index is 0.130. The molecule has 0 radical (unpaired) electrons. The van der Waals surface area contributed by atoms with E-state index in [4.69, 9.17) is 4.74 Å². The van der Waals surface area contributed by atoms with Crippen LogP contribution >= 0.6 is 0 Å². The maximum absolute atomic E-state index is 5.39. The van der Waals surface area contributed by atoms with Gasteiger partial charge in [0.05, 0.1) is 31.2 Å². The van der Waals surface area contributed by atoms with Crippen molar-refractivity contribution in [2.45, 2.75) is 19.9 Å². The molecule has 0 bridgehead atoms. The molecule has 1 unspecified atom stereocenters. The number of rotatable bonds is 4. The van der Waals surface area contributed by atoms with Crippen LogP contribution in [0, 0.1) is 6.92 Å². The normalized spacial score (nSPS) is 11.9. The van der Waals surface area contributed by atoms with Crippen molar-refractivity contribution >= 4 is 5.69 Å². The zero-order chi connectivity index (χ0) is 13.0. The summed E-state index contributed by atoms with van der Waals surface area (Å²) in [7, 11) is 1.69. The van der Waals surface area contributed by atoms with E-state index in [1.54, 1.807) is 19.5 Å². The minimum Gasteiger partial charge on any atom is -0.496 e. The van der Waals surface area contributed by atoms with Gasteiger partial charge in [0, 0.05) is 5.56 Å². The molecule has 4 heteroatoms. The summed E-state index contributed by atoms with van der Waals surface area (Å²) in [5, 5.41) is 3.36. The summed E-state index contributed by atoms with van der Waals surface area (Å²) < 4.78 is 5.39. The molecule has 0 saturated heterocycles. The lowest BCUT2D eigenvalue weighted by atomic mass is 10.0. The number of anilines is 1. The molecule has 0 aliphatic rings. The molecular formula is C14H17N3O. The zero-order valence-corrected chi connectivity index (χ0v) is 10.8. The lowest BCUT2D eigenvalue weighted by molar-refractivity contribution is 0.408. The van der Waals surface area contributed by atoms with Crippen molar-refractivity contribution < 1.29 is 4.74 Å². The maximum atomic E-state index is 5.39. The van der Waals surface area contributed by atoms with Gasteiger partial charge in [0.2, 0.25) is 0 Å². The van der Waals surface area contributed by atoms with Gasteiger partial charge in [-0.15, -0.1) is 0 Å². The number of hydrogen-bond donors (Lipinski definition) is 1. The Balaban J connectivity index is 2.23. The molecule has 1 aromatic heterocycles. The number of benzene rings is 1. The molecule has 94 valence electrons. The van der Waals surface area contributed by atoms with Crippen LogP contribution in [0.1, 0.15) is 24.1 Å². The quantitative estimate of drug-likeness (QED) is 0.896. The van der Waals surface area contributed by atoms with Gasteiger partial charge in [-0.2, -0.15) is 0 Å². The highest BCUT2D eigenvalue weighted by Gasteiger charge is 2.11. The van der Waals surface area contributed by atoms with E-state index in [-0.39, 0.29) is 6.04 Å². The van der Waals surface area contributed by atoms with Crippen LogP contribution in [0.2, 0.25) is 0 Å². The van der Waals surface area contributed by atoms with Crippen molar-refractivity contribution in [1.82, 2.24) is 9.97 Å². The third-order valence-corrected chi connectivity index (χ3v) is 2.80. The third-order valence-electron chi connectivity index (χ3n) is 2.80. The fourth-order valence-electron chi connectivity index (χ4n) is 1.89. The van der Waals surface area contributed by atoms with Crippen LogP contribution < -0.4 is 10.1 Å². The highest BCUT2D eigenvalue weighted by Crippen LogP contribution is 2.28. The SMILES string of the molecule is COc1ccc(C)cc1C(C)Nc1cncnc1. The standard InChI is InChI=1S/C14H17N3O/c1-10-4-5-14(18-3)13(6-10)11(2)17-12-7-15-9-16-8-12/h4-9,11,17H,1-3H3. The molecule has 2 aromatic rings. The Bertz CT molecular complexity index is 514. The van der Waals surface area contributed by atoms with E-state index in [1.165, 1.54) is 11.9 Å². The predicted molar refractivity (Wildman–Crippen MR) is 71.8 cm³/mol. The van der Waals surface area contributed by atoms with Gasteiger partial charge in [-0.05, 0) is 19.9 Å². The predicted octanol–water partition coefficient (Wildman–Crippen LogP) is 2.97. The summed E-state index contributed by atoms with van der Waals surface area (Å²) in [6, 6.07) is 6.29. The molecule has 0 aliphatic heterocycles. The number of hydrogen-bond acceptors (Lipinski definition) is 4. The zero-order valence-electron chi connectivity index (χ0n) is 10.8. The largest absolute Gasteiger partial charge is 0.496 e. The summed E-state index contributed by atoms with van der Waals surface area (Å²) in [5.74, 6) is 0.887. The van der Waals surface area contributed by atoms with Crippen LogP contribution in [0.3, 0.4) is 0 Å². The fraction of sp³-hybridized carbons (Fsp3) is 0.286. The van der Waals surface area contributed by atoms with Crippen molar-refractivity contribution in [3.8, 4) is 5.75 Å². The van der Waals surface area contributed by atoms with Gasteiger partial charge in [-0.3, -0.25) is 0 Å². The number of nitrogens with one attached hydrogen (secondary N) is 1. The second-order valence-corrected chi connectivity index (χ2v) is 4.24. The highest BCUT2D eigenvalue weighted by molar-refractivity contribution is 5.45. The van der Waals surface area contributed by atoms with Crippen molar-refractivity contribution in [1.29, 1.82) is 0 Å². The van der Waals surface area contributed by atoms with E-state index in [2.05, 4.69) is 35.2 Å². The first-order valence-electron chi connectivity index (χ1n) is 5.87. The molecule has 18 heavy (non-hydrogen) atoms. The number of ether oxygens (including phenoxy) is 1. The molecule has 4 nitrogen and oxygen atoms in total. The molecule has 0 spiro atoms. The van der Waals surface area contributed by atoms with E-state index in [1.807, 2.05) is 12.1 Å². The van der Waals surface area contributed by atoms with Crippen LogP contribution in [0.25, 0.3) is 0 Å². The van der Waals surface area contributed by atoms with Crippen LogP contribution in [0.5, 0.6) is 5.75 Å². The van der Waals surface area contributed by atoms with Crippen LogP contribution in [0.4, 0.5) is 5.69 Å². The molecule has 1 aromatic carbocycles. The molecule has 2 rings (SSSR count). The second-order valence-electron chi connectivity index (χ2n) is 4.24. The monoisotopic (exact) mass is 243 g/mol. The summed E-state index contributed by atoms with van der Waals surface area (Å²) in [4.78, 5) is 7.97. The van der Waals surface area contributed by atoms with Crippen molar-refractivity contribution in [3.05, 3.63) is 48.0 Å². The topological polar surface area (TPSA) is 47.0 Å². The molecule has 0 fully saturated rings. The van der Waals surface area contributed by atoms with Gasteiger partial charge >= 0.3 is 0 Å². The molecule has 0 aliphatic carbocycles. The highest BCUT2D eigenvalue weighted by atomic mass is 16.5. The Labute approximate surface area is 107 Å². The summed E-state index contributed by atoms with van der Waals surface area (Å²) in [6.45, 7) is 4.16. The molecule has 1 N–H and O–H groups in total. The Hall–Kier alpha value is -2.10. The first-order chi connectivity index (χ1) is 8.70. The molecule has 0 saturated carbocycles. The maximum Gasteiger partial charge on any atom is 0.124 e. The van der Waals surface area contributed by atoms with E-state index in [0.717, 1.165) is 17.0 Å². The number of aromatic nitrogens is 2. The Morgan fingerprint density at radius 3 is 2.61 bits per heavy atom. The minimum atomic E-state index is 0.130. The Kier molecular flexibility index (Phi) is 3.77. The van der Waals surface area contributed by atoms with Crippen molar-refractivity contribution in [2.24, 2.45) is 0 Å². The van der Waals surface area contributed by atoms with Gasteiger partial charge in [0.15, 0.2) is 0 Å².